The predicted octanol–water partition coefficient (Wildman–Crippen LogP) is 1.43. The van der Waals surface area contributed by atoms with E-state index in [2.05, 4.69) is 10.8 Å². The Bertz CT molecular complexity index is 398. The van der Waals surface area contributed by atoms with Crippen LogP contribution in [0.15, 0.2) is 36.9 Å². The molecule has 6 heteroatoms. The van der Waals surface area contributed by atoms with Gasteiger partial charge in [-0.05, 0) is 17.7 Å². The molecule has 0 amide bonds. The zero-order valence-corrected chi connectivity index (χ0v) is 9.11. The molecule has 1 unspecified atom stereocenters. The smallest absolute Gasteiger partial charge is 0.357 e. The summed E-state index contributed by atoms with van der Waals surface area (Å²) in [5.41, 5.74) is 0.742. The molecule has 16 heavy (non-hydrogen) atoms. The van der Waals surface area contributed by atoms with Crippen molar-refractivity contribution in [2.75, 3.05) is 0 Å². The van der Waals surface area contributed by atoms with E-state index in [1.807, 2.05) is 0 Å². The largest absolute Gasteiger partial charge is 0.458 e. The Labute approximate surface area is 95.2 Å². The standard InChI is InChI=1S/C10H10O5S/c1-2-10(11)14-7-8-3-5-9(6-4-8)15-16(12)13/h2-6H,1,7H2,(H,12,13). The van der Waals surface area contributed by atoms with E-state index in [1.54, 1.807) is 12.1 Å². The highest BCUT2D eigenvalue weighted by molar-refractivity contribution is 7.74. The molecule has 5 nitrogen and oxygen atoms in total. The van der Waals surface area contributed by atoms with Crippen LogP contribution in [0, 0.1) is 0 Å². The van der Waals surface area contributed by atoms with Crippen LogP contribution in [-0.2, 0) is 27.5 Å². The number of benzene rings is 1. The number of carbonyl (C=O) groups is 1. The van der Waals surface area contributed by atoms with Crippen molar-refractivity contribution in [3.63, 3.8) is 0 Å². The van der Waals surface area contributed by atoms with E-state index < -0.39 is 17.3 Å². The van der Waals surface area contributed by atoms with Gasteiger partial charge in [0.2, 0.25) is 0 Å². The minimum atomic E-state index is -2.33. The summed E-state index contributed by atoms with van der Waals surface area (Å²) >= 11 is -2.33. The van der Waals surface area contributed by atoms with Crippen LogP contribution in [0.3, 0.4) is 0 Å². The molecule has 0 aliphatic carbocycles. The molecular weight excluding hydrogens is 232 g/mol. The van der Waals surface area contributed by atoms with E-state index in [-0.39, 0.29) is 12.4 Å². The average molecular weight is 242 g/mol. The Morgan fingerprint density at radius 1 is 1.44 bits per heavy atom. The molecule has 1 atom stereocenters. The highest BCUT2D eigenvalue weighted by Gasteiger charge is 2.00. The molecule has 0 spiro atoms. The molecule has 0 saturated carbocycles. The minimum Gasteiger partial charge on any atom is -0.458 e. The summed E-state index contributed by atoms with van der Waals surface area (Å²) in [5, 5.41) is 0. The molecule has 0 aliphatic heterocycles. The molecule has 0 aliphatic rings. The van der Waals surface area contributed by atoms with Crippen molar-refractivity contribution < 1.29 is 22.5 Å². The highest BCUT2D eigenvalue weighted by Crippen LogP contribution is 2.13. The molecular formula is C10H10O5S. The topological polar surface area (TPSA) is 72.8 Å². The maximum atomic E-state index is 10.8. The monoisotopic (exact) mass is 242 g/mol. The van der Waals surface area contributed by atoms with Gasteiger partial charge in [-0.2, -0.15) is 4.21 Å². The van der Waals surface area contributed by atoms with Crippen LogP contribution in [0.2, 0.25) is 0 Å². The van der Waals surface area contributed by atoms with Crippen molar-refractivity contribution in [3.05, 3.63) is 42.5 Å². The van der Waals surface area contributed by atoms with Crippen molar-refractivity contribution in [3.8, 4) is 5.75 Å². The third-order valence-corrected chi connectivity index (χ3v) is 1.97. The predicted molar refractivity (Wildman–Crippen MR) is 57.8 cm³/mol. The van der Waals surface area contributed by atoms with Gasteiger partial charge in [-0.3, -0.25) is 4.55 Å². The van der Waals surface area contributed by atoms with Gasteiger partial charge in [0.15, 0.2) is 0 Å². The summed E-state index contributed by atoms with van der Waals surface area (Å²) in [6.45, 7) is 3.38. The van der Waals surface area contributed by atoms with Gasteiger partial charge in [-0.25, -0.2) is 4.79 Å². The maximum absolute atomic E-state index is 10.8. The second-order valence-electron chi connectivity index (χ2n) is 2.76. The molecule has 1 aromatic rings. The SMILES string of the molecule is C=CC(=O)OCc1ccc(OS(=O)O)cc1. The number of carbonyl (C=O) groups excluding carboxylic acids is 1. The Morgan fingerprint density at radius 2 is 2.06 bits per heavy atom. The average Bonchev–Trinajstić information content (AvgIpc) is 2.27. The molecule has 0 heterocycles. The first kappa shape index (κ1) is 12.4. The Balaban J connectivity index is 2.54. The summed E-state index contributed by atoms with van der Waals surface area (Å²) in [6.07, 6.45) is 1.08. The summed E-state index contributed by atoms with van der Waals surface area (Å²) in [4.78, 5) is 10.8. The summed E-state index contributed by atoms with van der Waals surface area (Å²) in [6, 6.07) is 6.26. The van der Waals surface area contributed by atoms with Gasteiger partial charge in [0.1, 0.15) is 12.4 Å². The van der Waals surface area contributed by atoms with Gasteiger partial charge >= 0.3 is 17.3 Å². The van der Waals surface area contributed by atoms with Crippen LogP contribution in [0.1, 0.15) is 5.56 Å². The lowest BCUT2D eigenvalue weighted by Gasteiger charge is -2.03. The summed E-state index contributed by atoms with van der Waals surface area (Å²) in [7, 11) is 0. The zero-order chi connectivity index (χ0) is 12.0. The fourth-order valence-electron chi connectivity index (χ4n) is 0.937. The van der Waals surface area contributed by atoms with Crippen molar-refractivity contribution >= 4 is 17.3 Å². The number of esters is 1. The van der Waals surface area contributed by atoms with E-state index in [1.165, 1.54) is 12.1 Å². The van der Waals surface area contributed by atoms with Crippen LogP contribution in [0.5, 0.6) is 5.75 Å². The number of rotatable bonds is 5. The zero-order valence-electron chi connectivity index (χ0n) is 8.29. The fourth-order valence-corrected chi connectivity index (χ4v) is 1.21. The second kappa shape index (κ2) is 6.04. The number of hydrogen-bond acceptors (Lipinski definition) is 4. The van der Waals surface area contributed by atoms with Gasteiger partial charge in [-0.1, -0.05) is 18.7 Å². The lowest BCUT2D eigenvalue weighted by atomic mass is 10.2. The summed E-state index contributed by atoms with van der Waals surface area (Å²) < 4.78 is 28.1. The first-order valence-electron chi connectivity index (χ1n) is 4.29. The Morgan fingerprint density at radius 3 is 2.56 bits per heavy atom. The van der Waals surface area contributed by atoms with Gasteiger partial charge in [0.25, 0.3) is 0 Å². The second-order valence-corrected chi connectivity index (χ2v) is 3.36. The first-order chi connectivity index (χ1) is 7.61. The van der Waals surface area contributed by atoms with Crippen molar-refractivity contribution in [2.45, 2.75) is 6.61 Å². The summed E-state index contributed by atoms with van der Waals surface area (Å²) in [5.74, 6) is -0.239. The van der Waals surface area contributed by atoms with Crippen molar-refractivity contribution in [2.24, 2.45) is 0 Å². The van der Waals surface area contributed by atoms with Crippen molar-refractivity contribution in [1.82, 2.24) is 0 Å². The van der Waals surface area contributed by atoms with Crippen LogP contribution in [0.4, 0.5) is 0 Å². The number of ether oxygens (including phenoxy) is 1. The van der Waals surface area contributed by atoms with E-state index >= 15 is 0 Å². The molecule has 0 aromatic heterocycles. The molecule has 86 valence electrons. The van der Waals surface area contributed by atoms with Gasteiger partial charge in [0, 0.05) is 6.08 Å². The molecule has 0 saturated heterocycles. The fraction of sp³-hybridized carbons (Fsp3) is 0.100. The minimum absolute atomic E-state index is 0.118. The van der Waals surface area contributed by atoms with E-state index in [4.69, 9.17) is 9.29 Å². The molecule has 0 fully saturated rings. The highest BCUT2D eigenvalue weighted by atomic mass is 32.2. The Kier molecular flexibility index (Phi) is 4.68. The van der Waals surface area contributed by atoms with Gasteiger partial charge < -0.3 is 8.92 Å². The molecule has 0 radical (unpaired) electrons. The van der Waals surface area contributed by atoms with Crippen LogP contribution in [-0.4, -0.2) is 14.7 Å². The third kappa shape index (κ3) is 4.24. The molecule has 1 aromatic carbocycles. The van der Waals surface area contributed by atoms with Crippen LogP contribution >= 0.6 is 0 Å². The van der Waals surface area contributed by atoms with E-state index in [0.717, 1.165) is 11.6 Å². The third-order valence-electron chi connectivity index (χ3n) is 1.64. The quantitative estimate of drug-likeness (QED) is 0.480. The first-order valence-corrected chi connectivity index (χ1v) is 5.32. The van der Waals surface area contributed by atoms with E-state index in [9.17, 15) is 9.00 Å². The molecule has 1 N–H and O–H groups in total. The lowest BCUT2D eigenvalue weighted by Crippen LogP contribution is -2.00. The normalized spacial score (nSPS) is 11.6. The van der Waals surface area contributed by atoms with Crippen molar-refractivity contribution in [1.29, 1.82) is 0 Å². The molecule has 1 rings (SSSR count). The van der Waals surface area contributed by atoms with Crippen LogP contribution in [0.25, 0.3) is 0 Å². The number of hydrogen-bond donors (Lipinski definition) is 1. The van der Waals surface area contributed by atoms with Crippen LogP contribution < -0.4 is 4.18 Å². The maximum Gasteiger partial charge on any atom is 0.357 e. The Hall–Kier alpha value is -1.66. The lowest BCUT2D eigenvalue weighted by molar-refractivity contribution is -0.138. The van der Waals surface area contributed by atoms with Gasteiger partial charge in [-0.15, -0.1) is 0 Å². The van der Waals surface area contributed by atoms with Gasteiger partial charge in [0.05, 0.1) is 0 Å². The van der Waals surface area contributed by atoms with E-state index in [0.29, 0.717) is 0 Å². The molecule has 0 bridgehead atoms.